The van der Waals surface area contributed by atoms with Crippen LogP contribution < -0.4 is 10.1 Å². The van der Waals surface area contributed by atoms with Crippen LogP contribution >= 0.6 is 0 Å². The molecule has 25 heavy (non-hydrogen) atoms. The van der Waals surface area contributed by atoms with Gasteiger partial charge in [0.25, 0.3) is 5.91 Å². The van der Waals surface area contributed by atoms with E-state index in [0.717, 1.165) is 30.6 Å². The van der Waals surface area contributed by atoms with Gasteiger partial charge in [-0.25, -0.2) is 4.79 Å². The van der Waals surface area contributed by atoms with Gasteiger partial charge in [0.15, 0.2) is 5.76 Å². The number of aryl methyl sites for hydroxylation is 1. The van der Waals surface area contributed by atoms with Gasteiger partial charge >= 0.3 is 5.97 Å². The molecule has 2 aromatic rings. The van der Waals surface area contributed by atoms with Gasteiger partial charge in [0.1, 0.15) is 5.75 Å². The van der Waals surface area contributed by atoms with E-state index in [1.165, 1.54) is 6.07 Å². The van der Waals surface area contributed by atoms with Crippen molar-refractivity contribution in [2.75, 3.05) is 7.11 Å². The number of ether oxygens (including phenoxy) is 1. The molecule has 0 aliphatic heterocycles. The van der Waals surface area contributed by atoms with Crippen LogP contribution in [0.1, 0.15) is 57.5 Å². The van der Waals surface area contributed by atoms with Gasteiger partial charge in [0, 0.05) is 5.56 Å². The van der Waals surface area contributed by atoms with E-state index in [4.69, 9.17) is 14.3 Å². The fraction of sp³-hybridized carbons (Fsp3) is 0.368. The van der Waals surface area contributed by atoms with Crippen molar-refractivity contribution in [3.8, 4) is 5.75 Å². The largest absolute Gasteiger partial charge is 0.497 e. The molecule has 0 bridgehead atoms. The Morgan fingerprint density at radius 2 is 1.96 bits per heavy atom. The van der Waals surface area contributed by atoms with E-state index in [1.54, 1.807) is 14.0 Å². The first-order valence-corrected chi connectivity index (χ1v) is 8.28. The van der Waals surface area contributed by atoms with Crippen molar-refractivity contribution < 1.29 is 23.8 Å². The van der Waals surface area contributed by atoms with Gasteiger partial charge in [-0.3, -0.25) is 4.79 Å². The molecule has 0 spiro atoms. The number of aromatic carboxylic acids is 1. The van der Waals surface area contributed by atoms with Crippen LogP contribution in [-0.4, -0.2) is 24.1 Å². The van der Waals surface area contributed by atoms with E-state index in [9.17, 15) is 9.59 Å². The summed E-state index contributed by atoms with van der Waals surface area (Å²) in [6.45, 7) is 1.66. The maximum atomic E-state index is 12.6. The second-order valence-corrected chi connectivity index (χ2v) is 6.34. The van der Waals surface area contributed by atoms with E-state index < -0.39 is 11.9 Å². The molecule has 6 nitrogen and oxygen atoms in total. The smallest absolute Gasteiger partial charge is 0.371 e. The van der Waals surface area contributed by atoms with Gasteiger partial charge in [-0.2, -0.15) is 0 Å². The molecule has 1 atom stereocenters. The Morgan fingerprint density at radius 1 is 1.28 bits per heavy atom. The van der Waals surface area contributed by atoms with Gasteiger partial charge in [-0.05, 0) is 49.4 Å². The van der Waals surface area contributed by atoms with Crippen molar-refractivity contribution in [2.24, 2.45) is 5.92 Å². The first-order valence-electron chi connectivity index (χ1n) is 8.28. The molecule has 6 heteroatoms. The number of nitrogens with one attached hydrogen (secondary N) is 1. The van der Waals surface area contributed by atoms with Crippen LogP contribution in [0.4, 0.5) is 0 Å². The van der Waals surface area contributed by atoms with Crippen LogP contribution in [0.2, 0.25) is 0 Å². The highest BCUT2D eigenvalue weighted by molar-refractivity contribution is 5.95. The van der Waals surface area contributed by atoms with Crippen LogP contribution in [-0.2, 0) is 0 Å². The maximum Gasteiger partial charge on any atom is 0.371 e. The molecular formula is C19H21NO5. The third-order valence-corrected chi connectivity index (χ3v) is 4.72. The highest BCUT2D eigenvalue weighted by Crippen LogP contribution is 2.38. The molecule has 2 N–H and O–H groups in total. The van der Waals surface area contributed by atoms with Crippen molar-refractivity contribution in [3.63, 3.8) is 0 Å². The molecule has 1 aliphatic carbocycles. The monoisotopic (exact) mass is 343 g/mol. The van der Waals surface area contributed by atoms with E-state index in [-0.39, 0.29) is 17.6 Å². The lowest BCUT2D eigenvalue weighted by Gasteiger charge is -2.34. The molecule has 1 heterocycles. The van der Waals surface area contributed by atoms with E-state index in [2.05, 4.69) is 5.32 Å². The Bertz CT molecular complexity index is 774. The lowest BCUT2D eigenvalue weighted by molar-refractivity contribution is 0.0658. The summed E-state index contributed by atoms with van der Waals surface area (Å²) in [5, 5.41) is 12.0. The zero-order valence-electron chi connectivity index (χ0n) is 14.2. The molecule has 1 aliphatic rings. The first kappa shape index (κ1) is 17.1. The van der Waals surface area contributed by atoms with Crippen molar-refractivity contribution in [1.82, 2.24) is 5.32 Å². The number of rotatable bonds is 6. The molecule has 0 saturated heterocycles. The number of amides is 1. The number of methoxy groups -OCH3 is 1. The summed E-state index contributed by atoms with van der Waals surface area (Å²) in [7, 11) is 1.61. The Labute approximate surface area is 145 Å². The molecule has 0 radical (unpaired) electrons. The van der Waals surface area contributed by atoms with Crippen molar-refractivity contribution in [1.29, 1.82) is 0 Å². The van der Waals surface area contributed by atoms with E-state index in [1.807, 2.05) is 24.3 Å². The second-order valence-electron chi connectivity index (χ2n) is 6.34. The Hall–Kier alpha value is -2.76. The number of carboxylic acid groups (broad SMARTS) is 1. The fourth-order valence-corrected chi connectivity index (χ4v) is 3.08. The minimum atomic E-state index is -1.19. The zero-order valence-corrected chi connectivity index (χ0v) is 14.2. The van der Waals surface area contributed by atoms with Gasteiger partial charge < -0.3 is 19.6 Å². The maximum absolute atomic E-state index is 12.6. The lowest BCUT2D eigenvalue weighted by atomic mass is 9.77. The number of hydrogen-bond donors (Lipinski definition) is 2. The van der Waals surface area contributed by atoms with Crippen LogP contribution in [0.25, 0.3) is 0 Å². The summed E-state index contributed by atoms with van der Waals surface area (Å²) in [6, 6.07) is 8.86. The molecule has 1 aromatic heterocycles. The van der Waals surface area contributed by atoms with Crippen LogP contribution in [0.3, 0.4) is 0 Å². The lowest BCUT2D eigenvalue weighted by Crippen LogP contribution is -2.36. The van der Waals surface area contributed by atoms with Gasteiger partial charge in [-0.1, -0.05) is 18.6 Å². The number of benzene rings is 1. The first-order chi connectivity index (χ1) is 12.0. The fourth-order valence-electron chi connectivity index (χ4n) is 3.08. The van der Waals surface area contributed by atoms with Crippen LogP contribution in [0.15, 0.2) is 34.7 Å². The van der Waals surface area contributed by atoms with Gasteiger partial charge in [-0.15, -0.1) is 0 Å². The van der Waals surface area contributed by atoms with E-state index >= 15 is 0 Å². The quantitative estimate of drug-likeness (QED) is 0.837. The predicted octanol–water partition coefficient (Wildman–Crippen LogP) is 3.57. The zero-order chi connectivity index (χ0) is 18.0. The number of carbonyl (C=O) groups is 2. The normalized spacial score (nSPS) is 15.3. The number of carboxylic acids is 1. The number of hydrogen-bond acceptors (Lipinski definition) is 4. The molecule has 3 rings (SSSR count). The SMILES string of the molecule is COc1ccc(C(NC(=O)c2oc(C(=O)O)cc2C)C2CCC2)cc1. The Kier molecular flexibility index (Phi) is 4.79. The van der Waals surface area contributed by atoms with E-state index in [0.29, 0.717) is 11.5 Å². The van der Waals surface area contributed by atoms with Crippen molar-refractivity contribution in [3.05, 3.63) is 53.0 Å². The topological polar surface area (TPSA) is 88.8 Å². The van der Waals surface area contributed by atoms with Gasteiger partial charge in [0.05, 0.1) is 13.2 Å². The highest BCUT2D eigenvalue weighted by atomic mass is 16.5. The van der Waals surface area contributed by atoms with Crippen LogP contribution in [0.5, 0.6) is 5.75 Å². The summed E-state index contributed by atoms with van der Waals surface area (Å²) in [4.78, 5) is 23.6. The summed E-state index contributed by atoms with van der Waals surface area (Å²) < 4.78 is 10.4. The molecule has 132 valence electrons. The standard InChI is InChI=1S/C19H21NO5/c1-11-10-15(19(22)23)25-17(11)18(21)20-16(12-4-3-5-12)13-6-8-14(24-2)9-7-13/h6-10,12,16H,3-5H2,1-2H3,(H,20,21)(H,22,23). The minimum Gasteiger partial charge on any atom is -0.497 e. The second kappa shape index (κ2) is 7.01. The van der Waals surface area contributed by atoms with Crippen molar-refractivity contribution in [2.45, 2.75) is 32.2 Å². The molecule has 1 saturated carbocycles. The van der Waals surface area contributed by atoms with Gasteiger partial charge in [0.2, 0.25) is 5.76 Å². The molecule has 1 amide bonds. The molecular weight excluding hydrogens is 322 g/mol. The predicted molar refractivity (Wildman–Crippen MR) is 90.9 cm³/mol. The Morgan fingerprint density at radius 3 is 2.44 bits per heavy atom. The highest BCUT2D eigenvalue weighted by Gasteiger charge is 2.31. The average Bonchev–Trinajstić information content (AvgIpc) is 2.95. The van der Waals surface area contributed by atoms with Crippen LogP contribution in [0, 0.1) is 12.8 Å². The molecule has 1 unspecified atom stereocenters. The van der Waals surface area contributed by atoms with Crippen molar-refractivity contribution >= 4 is 11.9 Å². The number of carbonyl (C=O) groups excluding carboxylic acids is 1. The number of furan rings is 1. The summed E-state index contributed by atoms with van der Waals surface area (Å²) in [5.41, 5.74) is 1.51. The summed E-state index contributed by atoms with van der Waals surface area (Å²) in [6.07, 6.45) is 3.25. The third-order valence-electron chi connectivity index (χ3n) is 4.72. The summed E-state index contributed by atoms with van der Waals surface area (Å²) >= 11 is 0. The molecule has 1 fully saturated rings. The average molecular weight is 343 g/mol. The molecule has 1 aromatic carbocycles. The summed E-state index contributed by atoms with van der Waals surface area (Å²) in [5.74, 6) is -0.630. The Balaban J connectivity index is 1.82. The minimum absolute atomic E-state index is 0.0511. The third kappa shape index (κ3) is 3.52.